The van der Waals surface area contributed by atoms with Crippen LogP contribution in [0.4, 0.5) is 0 Å². The monoisotopic (exact) mass is 336 g/mol. The minimum Gasteiger partial charge on any atom is -0.0613 e. The lowest BCUT2D eigenvalue weighted by molar-refractivity contribution is 0.867. The van der Waals surface area contributed by atoms with Gasteiger partial charge in [-0.15, -0.1) is 0 Å². The molecule has 1 heteroatoms. The third kappa shape index (κ3) is 2.71. The lowest BCUT2D eigenvalue weighted by Gasteiger charge is -2.10. The molecule has 0 saturated heterocycles. The van der Waals surface area contributed by atoms with Crippen molar-refractivity contribution in [3.05, 3.63) is 57.2 Å². The van der Waals surface area contributed by atoms with E-state index >= 15 is 0 Å². The van der Waals surface area contributed by atoms with Crippen LogP contribution >= 0.6 is 22.6 Å². The summed E-state index contributed by atoms with van der Waals surface area (Å²) in [5.41, 5.74) is 5.39. The molecule has 88 valence electrons. The van der Waals surface area contributed by atoms with Crippen molar-refractivity contribution < 1.29 is 0 Å². The van der Waals surface area contributed by atoms with Crippen LogP contribution in [-0.4, -0.2) is 0 Å². The maximum absolute atomic E-state index is 2.43. The van der Waals surface area contributed by atoms with E-state index in [-0.39, 0.29) is 0 Å². The Bertz CT molecular complexity index is 510. The van der Waals surface area contributed by atoms with Crippen molar-refractivity contribution in [2.24, 2.45) is 0 Å². The molecule has 0 radical (unpaired) electrons. The van der Waals surface area contributed by atoms with Crippen LogP contribution in [0.25, 0.3) is 11.1 Å². The second-order valence-corrected chi connectivity index (χ2v) is 5.79. The number of aryl methyl sites for hydroxylation is 1. The van der Waals surface area contributed by atoms with Crippen molar-refractivity contribution in [2.45, 2.75) is 26.7 Å². The van der Waals surface area contributed by atoms with E-state index < -0.39 is 0 Å². The number of hydrogen-bond acceptors (Lipinski definition) is 0. The van der Waals surface area contributed by atoms with Gasteiger partial charge in [0.2, 0.25) is 0 Å². The second-order valence-electron chi connectivity index (χ2n) is 4.71. The summed E-state index contributed by atoms with van der Waals surface area (Å²) in [4.78, 5) is 0. The molecule has 0 aromatic heterocycles. The van der Waals surface area contributed by atoms with Crippen molar-refractivity contribution in [3.8, 4) is 11.1 Å². The Hall–Kier alpha value is -0.830. The molecule has 0 atom stereocenters. The lowest BCUT2D eigenvalue weighted by Crippen LogP contribution is -1.89. The fraction of sp³-hybridized carbons (Fsp3) is 0.250. The predicted octanol–water partition coefficient (Wildman–Crippen LogP) is 5.39. The number of hydrogen-bond donors (Lipinski definition) is 0. The van der Waals surface area contributed by atoms with Crippen LogP contribution < -0.4 is 0 Å². The maximum Gasteiger partial charge on any atom is 0.0237 e. The smallest absolute Gasteiger partial charge is 0.0237 e. The van der Waals surface area contributed by atoms with Crippen molar-refractivity contribution in [3.63, 3.8) is 0 Å². The quantitative estimate of drug-likeness (QED) is 0.645. The van der Waals surface area contributed by atoms with Crippen molar-refractivity contribution >= 4 is 22.6 Å². The van der Waals surface area contributed by atoms with E-state index in [2.05, 4.69) is 85.8 Å². The molecule has 0 amide bonds. The van der Waals surface area contributed by atoms with Gasteiger partial charge in [0, 0.05) is 3.57 Å². The number of rotatable bonds is 2. The summed E-state index contributed by atoms with van der Waals surface area (Å²) in [5, 5.41) is 0. The zero-order valence-corrected chi connectivity index (χ0v) is 12.7. The molecular weight excluding hydrogens is 319 g/mol. The molecule has 0 aliphatic heterocycles. The van der Waals surface area contributed by atoms with Gasteiger partial charge in [0.1, 0.15) is 0 Å². The highest BCUT2D eigenvalue weighted by Gasteiger charge is 2.05. The Labute approximate surface area is 117 Å². The third-order valence-corrected chi connectivity index (χ3v) is 4.51. The van der Waals surface area contributed by atoms with E-state index in [0.29, 0.717) is 5.92 Å². The van der Waals surface area contributed by atoms with E-state index in [9.17, 15) is 0 Å². The first-order chi connectivity index (χ1) is 8.09. The van der Waals surface area contributed by atoms with Crippen LogP contribution in [0.1, 0.15) is 30.9 Å². The Morgan fingerprint density at radius 3 is 2.18 bits per heavy atom. The van der Waals surface area contributed by atoms with Gasteiger partial charge < -0.3 is 0 Å². The zero-order valence-electron chi connectivity index (χ0n) is 10.5. The molecular formula is C16H17I. The van der Waals surface area contributed by atoms with Crippen LogP contribution in [-0.2, 0) is 0 Å². The largest absolute Gasteiger partial charge is 0.0613 e. The van der Waals surface area contributed by atoms with Gasteiger partial charge in [-0.05, 0) is 57.7 Å². The zero-order chi connectivity index (χ0) is 12.4. The third-order valence-electron chi connectivity index (χ3n) is 3.08. The number of halogens is 1. The summed E-state index contributed by atoms with van der Waals surface area (Å²) in [7, 11) is 0. The highest BCUT2D eigenvalue weighted by molar-refractivity contribution is 14.1. The highest BCUT2D eigenvalue weighted by Crippen LogP contribution is 2.28. The van der Waals surface area contributed by atoms with E-state index in [1.807, 2.05) is 0 Å². The van der Waals surface area contributed by atoms with Gasteiger partial charge in [0.15, 0.2) is 0 Å². The Morgan fingerprint density at radius 2 is 1.59 bits per heavy atom. The molecule has 17 heavy (non-hydrogen) atoms. The van der Waals surface area contributed by atoms with Gasteiger partial charge in [-0.1, -0.05) is 56.3 Å². The fourth-order valence-electron chi connectivity index (χ4n) is 1.92. The van der Waals surface area contributed by atoms with Crippen molar-refractivity contribution in [2.75, 3.05) is 0 Å². The lowest BCUT2D eigenvalue weighted by atomic mass is 9.98. The molecule has 0 aliphatic carbocycles. The molecule has 0 fully saturated rings. The molecule has 0 spiro atoms. The van der Waals surface area contributed by atoms with Gasteiger partial charge in [-0.3, -0.25) is 0 Å². The molecule has 0 nitrogen and oxygen atoms in total. The normalized spacial score (nSPS) is 10.9. The first-order valence-electron chi connectivity index (χ1n) is 5.95. The number of benzene rings is 2. The average molecular weight is 336 g/mol. The van der Waals surface area contributed by atoms with Crippen LogP contribution in [0.5, 0.6) is 0 Å². The summed E-state index contributed by atoms with van der Waals surface area (Å²) < 4.78 is 1.35. The molecule has 0 bridgehead atoms. The Morgan fingerprint density at radius 1 is 0.941 bits per heavy atom. The van der Waals surface area contributed by atoms with Gasteiger partial charge in [-0.2, -0.15) is 0 Å². The van der Waals surface area contributed by atoms with E-state index in [4.69, 9.17) is 0 Å². The van der Waals surface area contributed by atoms with Crippen molar-refractivity contribution in [1.29, 1.82) is 0 Å². The predicted molar refractivity (Wildman–Crippen MR) is 83.4 cm³/mol. The topological polar surface area (TPSA) is 0 Å². The minimum absolute atomic E-state index is 0.598. The van der Waals surface area contributed by atoms with E-state index in [0.717, 1.165) is 0 Å². The summed E-state index contributed by atoms with van der Waals surface area (Å²) in [5.74, 6) is 0.598. The summed E-state index contributed by atoms with van der Waals surface area (Å²) in [6.45, 7) is 6.62. The van der Waals surface area contributed by atoms with Crippen LogP contribution in [0.2, 0.25) is 0 Å². The molecule has 0 aliphatic rings. The molecule has 2 aromatic rings. The summed E-state index contributed by atoms with van der Waals surface area (Å²) in [6.07, 6.45) is 0. The molecule has 0 N–H and O–H groups in total. The maximum atomic E-state index is 2.43. The molecule has 0 saturated carbocycles. The molecule has 2 aromatic carbocycles. The van der Waals surface area contributed by atoms with E-state index in [1.165, 1.54) is 25.8 Å². The highest BCUT2D eigenvalue weighted by atomic mass is 127. The molecule has 2 rings (SSSR count). The first-order valence-corrected chi connectivity index (χ1v) is 7.03. The Balaban J connectivity index is 2.43. The summed E-state index contributed by atoms with van der Waals surface area (Å²) >= 11 is 2.43. The van der Waals surface area contributed by atoms with Crippen LogP contribution in [0.3, 0.4) is 0 Å². The van der Waals surface area contributed by atoms with Crippen LogP contribution in [0, 0.1) is 10.5 Å². The second kappa shape index (κ2) is 5.21. The van der Waals surface area contributed by atoms with Gasteiger partial charge in [0.05, 0.1) is 0 Å². The van der Waals surface area contributed by atoms with Gasteiger partial charge >= 0.3 is 0 Å². The Kier molecular flexibility index (Phi) is 3.87. The van der Waals surface area contributed by atoms with Gasteiger partial charge in [0.25, 0.3) is 0 Å². The van der Waals surface area contributed by atoms with Gasteiger partial charge in [-0.25, -0.2) is 0 Å². The molecule has 0 heterocycles. The average Bonchev–Trinajstić information content (AvgIpc) is 2.33. The standard InChI is InChI=1S/C16H17I/c1-11(2)13-7-9-14(10-8-13)15-6-4-5-12(3)16(15)17/h4-11H,1-3H3. The van der Waals surface area contributed by atoms with Crippen molar-refractivity contribution in [1.82, 2.24) is 0 Å². The van der Waals surface area contributed by atoms with E-state index in [1.54, 1.807) is 0 Å². The minimum atomic E-state index is 0.598. The SMILES string of the molecule is Cc1cccc(-c2ccc(C(C)C)cc2)c1I. The first kappa shape index (κ1) is 12.6. The summed E-state index contributed by atoms with van der Waals surface area (Å²) in [6, 6.07) is 15.4. The fourth-order valence-corrected chi connectivity index (χ4v) is 2.59. The molecule has 0 unspecified atom stereocenters. The van der Waals surface area contributed by atoms with Crippen LogP contribution in [0.15, 0.2) is 42.5 Å².